The van der Waals surface area contributed by atoms with E-state index in [0.29, 0.717) is 31.7 Å². The van der Waals surface area contributed by atoms with Crippen molar-refractivity contribution in [1.82, 2.24) is 29.9 Å². The van der Waals surface area contributed by atoms with Crippen LogP contribution in [0.15, 0.2) is 18.6 Å². The molecule has 0 spiro atoms. The summed E-state index contributed by atoms with van der Waals surface area (Å²) in [5.41, 5.74) is 0.712. The summed E-state index contributed by atoms with van der Waals surface area (Å²) < 4.78 is 1.98. The van der Waals surface area contributed by atoms with Gasteiger partial charge < -0.3 is 14.6 Å². The van der Waals surface area contributed by atoms with Gasteiger partial charge >= 0.3 is 5.97 Å². The zero-order valence-corrected chi connectivity index (χ0v) is 14.1. The van der Waals surface area contributed by atoms with Crippen LogP contribution in [-0.4, -0.2) is 59.9 Å². The molecular weight excluding hydrogens is 324 g/mol. The number of nitrogens with one attached hydrogen (secondary N) is 1. The van der Waals surface area contributed by atoms with Crippen molar-refractivity contribution < 1.29 is 14.7 Å². The molecule has 0 unspecified atom stereocenters. The molecule has 9 heteroatoms. The lowest BCUT2D eigenvalue weighted by Gasteiger charge is -2.16. The Morgan fingerprint density at radius 1 is 1.40 bits per heavy atom. The number of carboxylic acids is 1. The van der Waals surface area contributed by atoms with Crippen LogP contribution in [0.3, 0.4) is 0 Å². The highest BCUT2D eigenvalue weighted by molar-refractivity contribution is 5.77. The molecule has 1 amide bonds. The Hall–Kier alpha value is -2.71. The Morgan fingerprint density at radius 3 is 2.92 bits per heavy atom. The minimum absolute atomic E-state index is 0.0167. The molecule has 9 nitrogen and oxygen atoms in total. The van der Waals surface area contributed by atoms with Crippen molar-refractivity contribution in [2.75, 3.05) is 13.1 Å². The quantitative estimate of drug-likeness (QED) is 0.761. The first-order valence-corrected chi connectivity index (χ1v) is 8.43. The number of hydrogen-bond acceptors (Lipinski definition) is 5. The summed E-state index contributed by atoms with van der Waals surface area (Å²) in [4.78, 5) is 29.7. The highest BCUT2D eigenvalue weighted by Gasteiger charge is 2.38. The molecule has 1 aliphatic rings. The lowest BCUT2D eigenvalue weighted by molar-refractivity contribution is -0.138. The minimum Gasteiger partial charge on any atom is -0.481 e. The molecule has 0 aromatic carbocycles. The third kappa shape index (κ3) is 3.86. The number of carboxylic acid groups (broad SMARTS) is 1. The van der Waals surface area contributed by atoms with Gasteiger partial charge in [-0.25, -0.2) is 4.98 Å². The minimum atomic E-state index is -0.862. The molecule has 1 aliphatic heterocycles. The maximum atomic E-state index is 12.6. The van der Waals surface area contributed by atoms with Gasteiger partial charge in [-0.1, -0.05) is 6.92 Å². The molecule has 2 atom stereocenters. The average Bonchev–Trinajstić information content (AvgIpc) is 3.31. The summed E-state index contributed by atoms with van der Waals surface area (Å²) in [5.74, 6) is -0.126. The molecule has 1 fully saturated rings. The van der Waals surface area contributed by atoms with Gasteiger partial charge in [0.25, 0.3) is 0 Å². The Labute approximate surface area is 145 Å². The zero-order valence-electron chi connectivity index (χ0n) is 14.1. The van der Waals surface area contributed by atoms with Crippen LogP contribution < -0.4 is 0 Å². The Kier molecular flexibility index (Phi) is 5.11. The number of carbonyl (C=O) groups excluding carboxylic acids is 1. The van der Waals surface area contributed by atoms with E-state index in [4.69, 9.17) is 5.11 Å². The monoisotopic (exact) mass is 346 g/mol. The van der Waals surface area contributed by atoms with E-state index in [9.17, 15) is 9.59 Å². The lowest BCUT2D eigenvalue weighted by Crippen LogP contribution is -2.30. The standard InChI is InChI=1S/C16H22N6O3/c1-2-14-17-4-6-21(14)5-3-15(23)22-9-11(7-16(24)25)12(10-22)13-8-18-20-19-13/h4,6,8,11-12H,2-3,5,7,9-10H2,1H3,(H,24,25)(H,18,19,20)/t11-,12+/m1/s1. The molecule has 0 bridgehead atoms. The second kappa shape index (κ2) is 7.45. The number of nitrogens with zero attached hydrogens (tertiary/aromatic N) is 5. The lowest BCUT2D eigenvalue weighted by atomic mass is 9.91. The second-order valence-electron chi connectivity index (χ2n) is 6.30. The predicted octanol–water partition coefficient (Wildman–Crippen LogP) is 0.671. The van der Waals surface area contributed by atoms with Gasteiger partial charge in [0.2, 0.25) is 5.91 Å². The maximum Gasteiger partial charge on any atom is 0.303 e. The van der Waals surface area contributed by atoms with E-state index in [2.05, 4.69) is 20.4 Å². The number of aryl methyl sites for hydroxylation is 2. The van der Waals surface area contributed by atoms with Gasteiger partial charge in [-0.3, -0.25) is 9.59 Å². The van der Waals surface area contributed by atoms with E-state index in [1.54, 1.807) is 17.3 Å². The number of rotatable bonds is 7. The molecule has 2 aromatic rings. The van der Waals surface area contributed by atoms with E-state index >= 15 is 0 Å². The fourth-order valence-corrected chi connectivity index (χ4v) is 3.46. The van der Waals surface area contributed by atoms with Crippen molar-refractivity contribution >= 4 is 11.9 Å². The smallest absolute Gasteiger partial charge is 0.303 e. The van der Waals surface area contributed by atoms with Crippen molar-refractivity contribution in [3.63, 3.8) is 0 Å². The first-order valence-electron chi connectivity index (χ1n) is 8.43. The zero-order chi connectivity index (χ0) is 17.8. The van der Waals surface area contributed by atoms with E-state index in [-0.39, 0.29) is 24.2 Å². The first kappa shape index (κ1) is 17.1. The summed E-state index contributed by atoms with van der Waals surface area (Å²) in [6, 6.07) is 0. The number of aromatic nitrogens is 5. The number of amides is 1. The second-order valence-corrected chi connectivity index (χ2v) is 6.30. The molecule has 3 heterocycles. The molecular formula is C16H22N6O3. The van der Waals surface area contributed by atoms with Crippen LogP contribution in [-0.2, 0) is 22.6 Å². The fourth-order valence-electron chi connectivity index (χ4n) is 3.46. The molecule has 1 saturated heterocycles. The predicted molar refractivity (Wildman–Crippen MR) is 87.7 cm³/mol. The number of imidazole rings is 1. The van der Waals surface area contributed by atoms with Crippen LogP contribution in [0.2, 0.25) is 0 Å². The van der Waals surface area contributed by atoms with Crippen LogP contribution >= 0.6 is 0 Å². The molecule has 0 radical (unpaired) electrons. The molecule has 0 saturated carbocycles. The van der Waals surface area contributed by atoms with Gasteiger partial charge in [0, 0.05) is 50.8 Å². The topological polar surface area (TPSA) is 117 Å². The van der Waals surface area contributed by atoms with Crippen LogP contribution in [0.25, 0.3) is 0 Å². The summed E-state index contributed by atoms with van der Waals surface area (Å²) in [5, 5.41) is 19.6. The summed E-state index contributed by atoms with van der Waals surface area (Å²) >= 11 is 0. The van der Waals surface area contributed by atoms with Crippen molar-refractivity contribution in [3.8, 4) is 0 Å². The average molecular weight is 346 g/mol. The number of H-pyrrole nitrogens is 1. The van der Waals surface area contributed by atoms with Gasteiger partial charge in [-0.2, -0.15) is 15.4 Å². The van der Waals surface area contributed by atoms with Gasteiger partial charge in [0.05, 0.1) is 18.3 Å². The molecule has 25 heavy (non-hydrogen) atoms. The van der Waals surface area contributed by atoms with Crippen molar-refractivity contribution in [2.45, 2.75) is 38.6 Å². The summed E-state index contributed by atoms with van der Waals surface area (Å²) in [7, 11) is 0. The third-order valence-corrected chi connectivity index (χ3v) is 4.73. The number of hydrogen-bond donors (Lipinski definition) is 2. The molecule has 134 valence electrons. The number of likely N-dealkylation sites (tertiary alicyclic amines) is 1. The van der Waals surface area contributed by atoms with Crippen LogP contribution in [0, 0.1) is 5.92 Å². The number of carbonyl (C=O) groups is 2. The third-order valence-electron chi connectivity index (χ3n) is 4.73. The number of aliphatic carboxylic acids is 1. The number of aromatic amines is 1. The Morgan fingerprint density at radius 2 is 2.24 bits per heavy atom. The summed E-state index contributed by atoms with van der Waals surface area (Å²) in [6.07, 6.45) is 6.42. The van der Waals surface area contributed by atoms with E-state index < -0.39 is 5.97 Å². The first-order chi connectivity index (χ1) is 12.1. The SMILES string of the molecule is CCc1nccn1CCC(=O)N1C[C@@H](CC(=O)O)[C@@H](c2cn[nH]n2)C1. The van der Waals surface area contributed by atoms with Crippen LogP contribution in [0.5, 0.6) is 0 Å². The fraction of sp³-hybridized carbons (Fsp3) is 0.562. The van der Waals surface area contributed by atoms with Crippen LogP contribution in [0.1, 0.15) is 37.2 Å². The highest BCUT2D eigenvalue weighted by Crippen LogP contribution is 2.33. The Bertz CT molecular complexity index is 726. The van der Waals surface area contributed by atoms with E-state index in [0.717, 1.165) is 12.2 Å². The van der Waals surface area contributed by atoms with Crippen molar-refractivity contribution in [2.24, 2.45) is 5.92 Å². The molecule has 0 aliphatic carbocycles. The molecule has 2 aromatic heterocycles. The highest BCUT2D eigenvalue weighted by atomic mass is 16.4. The van der Waals surface area contributed by atoms with E-state index in [1.165, 1.54) is 0 Å². The van der Waals surface area contributed by atoms with Crippen molar-refractivity contribution in [1.29, 1.82) is 0 Å². The van der Waals surface area contributed by atoms with E-state index in [1.807, 2.05) is 17.7 Å². The van der Waals surface area contributed by atoms with Gasteiger partial charge in [-0.15, -0.1) is 0 Å². The summed E-state index contributed by atoms with van der Waals surface area (Å²) in [6.45, 7) is 3.53. The van der Waals surface area contributed by atoms with Gasteiger partial charge in [0.1, 0.15) is 5.82 Å². The maximum absolute atomic E-state index is 12.6. The molecule has 3 rings (SSSR count). The molecule has 2 N–H and O–H groups in total. The van der Waals surface area contributed by atoms with Gasteiger partial charge in [0.15, 0.2) is 0 Å². The van der Waals surface area contributed by atoms with Crippen LogP contribution in [0.4, 0.5) is 0 Å². The largest absolute Gasteiger partial charge is 0.481 e. The van der Waals surface area contributed by atoms with Gasteiger partial charge in [-0.05, 0) is 5.92 Å². The Balaban J connectivity index is 1.63. The normalized spacial score (nSPS) is 20.1. The van der Waals surface area contributed by atoms with Crippen molar-refractivity contribution in [3.05, 3.63) is 30.1 Å².